The van der Waals surface area contributed by atoms with E-state index >= 15 is 0 Å². The number of nitrogens with one attached hydrogen (secondary N) is 1. The fraction of sp³-hybridized carbons (Fsp3) is 0.471. The summed E-state index contributed by atoms with van der Waals surface area (Å²) in [6.45, 7) is 6.60. The minimum Gasteiger partial charge on any atom is -0.454 e. The van der Waals surface area contributed by atoms with Gasteiger partial charge >= 0.3 is 0 Å². The van der Waals surface area contributed by atoms with Crippen molar-refractivity contribution in [3.63, 3.8) is 0 Å². The summed E-state index contributed by atoms with van der Waals surface area (Å²) in [5.41, 5.74) is 1.89. The number of nitrogens with zero attached hydrogens (tertiary/aromatic N) is 2. The summed E-state index contributed by atoms with van der Waals surface area (Å²) in [4.78, 5) is 0.195. The van der Waals surface area contributed by atoms with Gasteiger partial charge in [-0.2, -0.15) is 5.10 Å². The van der Waals surface area contributed by atoms with Gasteiger partial charge in [-0.3, -0.25) is 9.40 Å². The largest absolute Gasteiger partial charge is 0.454 e. The van der Waals surface area contributed by atoms with Crippen molar-refractivity contribution in [3.8, 4) is 11.5 Å². The number of aryl methyl sites for hydroxylation is 3. The Kier molecular flexibility index (Phi) is 4.89. The third-order valence-electron chi connectivity index (χ3n) is 4.01. The normalized spacial score (nSPS) is 13.2. The number of sulfonamides is 1. The Balaban J connectivity index is 1.95. The number of benzene rings is 1. The van der Waals surface area contributed by atoms with Gasteiger partial charge in [0.25, 0.3) is 10.0 Å². The molecule has 136 valence electrons. The van der Waals surface area contributed by atoms with E-state index in [0.717, 1.165) is 24.8 Å². The van der Waals surface area contributed by atoms with Gasteiger partial charge in [-0.1, -0.05) is 20.3 Å². The molecule has 2 heterocycles. The Morgan fingerprint density at radius 3 is 2.60 bits per heavy atom. The van der Waals surface area contributed by atoms with E-state index in [0.29, 0.717) is 29.4 Å². The fourth-order valence-corrected chi connectivity index (χ4v) is 4.14. The first-order valence-corrected chi connectivity index (χ1v) is 9.92. The van der Waals surface area contributed by atoms with E-state index in [4.69, 9.17) is 9.47 Å². The fourth-order valence-electron chi connectivity index (χ4n) is 2.86. The zero-order valence-corrected chi connectivity index (χ0v) is 15.5. The molecule has 1 aliphatic heterocycles. The van der Waals surface area contributed by atoms with Gasteiger partial charge in [0.15, 0.2) is 11.5 Å². The van der Waals surface area contributed by atoms with Crippen molar-refractivity contribution in [1.29, 1.82) is 0 Å². The maximum atomic E-state index is 12.9. The first-order chi connectivity index (χ1) is 11.9. The SMILES string of the molecule is CCCc1cc2c(cc1NS(=O)(=O)c1cn(CCC)nc1C)OCO2. The molecule has 7 nitrogen and oxygen atoms in total. The molecule has 0 spiro atoms. The summed E-state index contributed by atoms with van der Waals surface area (Å²) in [5.74, 6) is 1.20. The van der Waals surface area contributed by atoms with Crippen LogP contribution in [0.5, 0.6) is 11.5 Å². The highest BCUT2D eigenvalue weighted by Crippen LogP contribution is 2.38. The Morgan fingerprint density at radius 2 is 1.92 bits per heavy atom. The van der Waals surface area contributed by atoms with Crippen LogP contribution in [0.25, 0.3) is 0 Å². The molecule has 1 aliphatic rings. The lowest BCUT2D eigenvalue weighted by Gasteiger charge is -2.13. The second kappa shape index (κ2) is 6.95. The van der Waals surface area contributed by atoms with Crippen LogP contribution in [0.1, 0.15) is 37.9 Å². The van der Waals surface area contributed by atoms with Crippen LogP contribution in [0, 0.1) is 6.92 Å². The highest BCUT2D eigenvalue weighted by Gasteiger charge is 2.24. The van der Waals surface area contributed by atoms with Gasteiger partial charge in [0, 0.05) is 18.8 Å². The molecule has 1 N–H and O–H groups in total. The van der Waals surface area contributed by atoms with Crippen molar-refractivity contribution in [2.45, 2.75) is 51.5 Å². The lowest BCUT2D eigenvalue weighted by molar-refractivity contribution is 0.174. The van der Waals surface area contributed by atoms with Crippen LogP contribution in [-0.4, -0.2) is 25.0 Å². The summed E-state index contributed by atoms with van der Waals surface area (Å²) < 4.78 is 40.9. The van der Waals surface area contributed by atoms with E-state index in [9.17, 15) is 8.42 Å². The van der Waals surface area contributed by atoms with Crippen molar-refractivity contribution < 1.29 is 17.9 Å². The second-order valence-corrected chi connectivity index (χ2v) is 7.71. The van der Waals surface area contributed by atoms with Gasteiger partial charge < -0.3 is 9.47 Å². The maximum Gasteiger partial charge on any atom is 0.265 e. The van der Waals surface area contributed by atoms with Crippen molar-refractivity contribution in [2.24, 2.45) is 0 Å². The van der Waals surface area contributed by atoms with Crippen LogP contribution in [0.15, 0.2) is 23.2 Å². The zero-order valence-electron chi connectivity index (χ0n) is 14.7. The molecule has 0 saturated carbocycles. The molecular weight excluding hydrogens is 342 g/mol. The summed E-state index contributed by atoms with van der Waals surface area (Å²) in [6.07, 6.45) is 4.09. The van der Waals surface area contributed by atoms with Crippen LogP contribution < -0.4 is 14.2 Å². The molecule has 0 unspecified atom stereocenters. The molecule has 0 atom stereocenters. The van der Waals surface area contributed by atoms with Crippen molar-refractivity contribution in [3.05, 3.63) is 29.6 Å². The van der Waals surface area contributed by atoms with Crippen molar-refractivity contribution in [1.82, 2.24) is 9.78 Å². The van der Waals surface area contributed by atoms with Crippen molar-refractivity contribution >= 4 is 15.7 Å². The van der Waals surface area contributed by atoms with Gasteiger partial charge in [-0.25, -0.2) is 8.42 Å². The maximum absolute atomic E-state index is 12.9. The van der Waals surface area contributed by atoms with Crippen LogP contribution in [0.4, 0.5) is 5.69 Å². The topological polar surface area (TPSA) is 82.5 Å². The van der Waals surface area contributed by atoms with Gasteiger partial charge in [0.05, 0.1) is 11.4 Å². The third kappa shape index (κ3) is 3.58. The molecule has 25 heavy (non-hydrogen) atoms. The summed E-state index contributed by atoms with van der Waals surface area (Å²) in [7, 11) is -3.73. The minimum absolute atomic E-state index is 0.153. The van der Waals surface area contributed by atoms with E-state index in [-0.39, 0.29) is 11.7 Å². The molecule has 0 aliphatic carbocycles. The number of fused-ring (bicyclic) bond motifs is 1. The monoisotopic (exact) mass is 365 g/mol. The van der Waals surface area contributed by atoms with E-state index in [1.807, 2.05) is 19.9 Å². The number of anilines is 1. The third-order valence-corrected chi connectivity index (χ3v) is 5.47. The number of rotatable bonds is 7. The summed E-state index contributed by atoms with van der Waals surface area (Å²) >= 11 is 0. The van der Waals surface area contributed by atoms with E-state index in [1.54, 1.807) is 23.9 Å². The highest BCUT2D eigenvalue weighted by atomic mass is 32.2. The van der Waals surface area contributed by atoms with Crippen LogP contribution in [0.3, 0.4) is 0 Å². The summed E-state index contributed by atoms with van der Waals surface area (Å²) in [5, 5.41) is 4.28. The number of hydrogen-bond donors (Lipinski definition) is 1. The highest BCUT2D eigenvalue weighted by molar-refractivity contribution is 7.92. The number of aromatic nitrogens is 2. The first kappa shape index (κ1) is 17.6. The minimum atomic E-state index is -3.73. The van der Waals surface area contributed by atoms with E-state index < -0.39 is 10.0 Å². The molecule has 1 aromatic carbocycles. The van der Waals surface area contributed by atoms with Gasteiger partial charge in [0.2, 0.25) is 6.79 Å². The Hall–Kier alpha value is -2.22. The number of hydrogen-bond acceptors (Lipinski definition) is 5. The smallest absolute Gasteiger partial charge is 0.265 e. The van der Waals surface area contributed by atoms with Gasteiger partial charge in [0.1, 0.15) is 4.90 Å². The van der Waals surface area contributed by atoms with Crippen LogP contribution in [-0.2, 0) is 23.0 Å². The molecule has 8 heteroatoms. The first-order valence-electron chi connectivity index (χ1n) is 8.44. The average Bonchev–Trinajstić information content (AvgIpc) is 3.14. The van der Waals surface area contributed by atoms with E-state index in [1.165, 1.54) is 0 Å². The molecule has 2 aromatic rings. The molecule has 0 amide bonds. The Bertz CT molecular complexity index is 874. The molecule has 0 radical (unpaired) electrons. The molecule has 0 fully saturated rings. The van der Waals surface area contributed by atoms with Gasteiger partial charge in [-0.15, -0.1) is 0 Å². The van der Waals surface area contributed by atoms with E-state index in [2.05, 4.69) is 9.82 Å². The predicted molar refractivity (Wildman–Crippen MR) is 94.6 cm³/mol. The molecular formula is C17H23N3O4S. The Morgan fingerprint density at radius 1 is 1.20 bits per heavy atom. The zero-order chi connectivity index (χ0) is 18.0. The molecule has 3 rings (SSSR count). The van der Waals surface area contributed by atoms with Crippen LogP contribution in [0.2, 0.25) is 0 Å². The van der Waals surface area contributed by atoms with Crippen molar-refractivity contribution in [2.75, 3.05) is 11.5 Å². The van der Waals surface area contributed by atoms with Gasteiger partial charge in [-0.05, 0) is 31.4 Å². The predicted octanol–water partition coefficient (Wildman–Crippen LogP) is 3.08. The number of ether oxygens (including phenoxy) is 2. The lowest BCUT2D eigenvalue weighted by Crippen LogP contribution is -2.15. The average molecular weight is 365 g/mol. The second-order valence-electron chi connectivity index (χ2n) is 6.06. The van der Waals surface area contributed by atoms with Crippen LogP contribution >= 0.6 is 0 Å². The Labute approximate surface area is 148 Å². The quantitative estimate of drug-likeness (QED) is 0.815. The molecule has 1 aromatic heterocycles. The summed E-state index contributed by atoms with van der Waals surface area (Å²) in [6, 6.07) is 3.54. The standard InChI is InChI=1S/C17H23N3O4S/c1-4-6-13-8-15-16(24-11-23-15)9-14(13)19-25(21,22)17-10-20(7-5-2)18-12(17)3/h8-10,19H,4-7,11H2,1-3H3. The molecule has 0 saturated heterocycles. The molecule has 0 bridgehead atoms. The lowest BCUT2D eigenvalue weighted by atomic mass is 10.1.